The van der Waals surface area contributed by atoms with Crippen LogP contribution in [-0.2, 0) is 0 Å². The van der Waals surface area contributed by atoms with Crippen molar-refractivity contribution in [3.8, 4) is 5.75 Å². The Kier molecular flexibility index (Phi) is 6.77. The standard InChI is InChI=1S/C14H19F3N2O.ClH/c1-2-12(19-9-7-18-8-10-19)11-5-3-4-6-13(11)20-14(15,16)17;/h3-6,12,18H,2,7-10H2,1H3;1H/t12-;/m0./s1. The molecule has 120 valence electrons. The van der Waals surface area contributed by atoms with Gasteiger partial charge in [-0.15, -0.1) is 25.6 Å². The third kappa shape index (κ3) is 5.05. The average Bonchev–Trinajstić information content (AvgIpc) is 2.41. The lowest BCUT2D eigenvalue weighted by Crippen LogP contribution is -2.45. The number of nitrogens with one attached hydrogen (secondary N) is 1. The lowest BCUT2D eigenvalue weighted by atomic mass is 10.0. The Morgan fingerprint density at radius 2 is 1.86 bits per heavy atom. The van der Waals surface area contributed by atoms with E-state index in [2.05, 4.69) is 15.0 Å². The van der Waals surface area contributed by atoms with Crippen LogP contribution < -0.4 is 10.1 Å². The first-order valence-corrected chi connectivity index (χ1v) is 6.80. The van der Waals surface area contributed by atoms with E-state index in [0.29, 0.717) is 5.56 Å². The molecule has 0 unspecified atom stereocenters. The Hall–Kier alpha value is -0.980. The lowest BCUT2D eigenvalue weighted by molar-refractivity contribution is -0.275. The smallest absolute Gasteiger partial charge is 0.405 e. The van der Waals surface area contributed by atoms with Crippen molar-refractivity contribution < 1.29 is 17.9 Å². The summed E-state index contributed by atoms with van der Waals surface area (Å²) in [6, 6.07) is 6.37. The van der Waals surface area contributed by atoms with Gasteiger partial charge in [-0.2, -0.15) is 0 Å². The number of piperazine rings is 1. The van der Waals surface area contributed by atoms with E-state index in [4.69, 9.17) is 0 Å². The second-order valence-electron chi connectivity index (χ2n) is 4.80. The van der Waals surface area contributed by atoms with Gasteiger partial charge in [0, 0.05) is 37.8 Å². The summed E-state index contributed by atoms with van der Waals surface area (Å²) in [6.45, 7) is 5.37. The summed E-state index contributed by atoms with van der Waals surface area (Å²) in [5, 5.41) is 3.25. The Labute approximate surface area is 128 Å². The minimum Gasteiger partial charge on any atom is -0.405 e. The number of alkyl halides is 3. The summed E-state index contributed by atoms with van der Waals surface area (Å²) in [5.41, 5.74) is 0.606. The maximum absolute atomic E-state index is 12.5. The zero-order valence-corrected chi connectivity index (χ0v) is 12.6. The highest BCUT2D eigenvalue weighted by atomic mass is 35.5. The first-order chi connectivity index (χ1) is 9.51. The topological polar surface area (TPSA) is 24.5 Å². The fraction of sp³-hybridized carbons (Fsp3) is 0.571. The summed E-state index contributed by atoms with van der Waals surface area (Å²) in [7, 11) is 0. The second-order valence-corrected chi connectivity index (χ2v) is 4.80. The summed E-state index contributed by atoms with van der Waals surface area (Å²) in [5.74, 6) is -0.0922. The quantitative estimate of drug-likeness (QED) is 0.919. The van der Waals surface area contributed by atoms with E-state index < -0.39 is 6.36 Å². The molecule has 1 aliphatic heterocycles. The molecule has 1 atom stereocenters. The van der Waals surface area contributed by atoms with Crippen molar-refractivity contribution in [1.82, 2.24) is 10.2 Å². The molecule has 3 nitrogen and oxygen atoms in total. The predicted octanol–water partition coefficient (Wildman–Crippen LogP) is 3.36. The van der Waals surface area contributed by atoms with E-state index in [0.717, 1.165) is 32.6 Å². The lowest BCUT2D eigenvalue weighted by Gasteiger charge is -2.35. The molecule has 1 aliphatic rings. The maximum atomic E-state index is 12.5. The van der Waals surface area contributed by atoms with Crippen molar-refractivity contribution in [2.24, 2.45) is 0 Å². The van der Waals surface area contributed by atoms with Gasteiger partial charge >= 0.3 is 6.36 Å². The SMILES string of the molecule is CC[C@@H](c1ccccc1OC(F)(F)F)N1CCNCC1.Cl. The highest BCUT2D eigenvalue weighted by Crippen LogP contribution is 2.34. The number of benzene rings is 1. The number of ether oxygens (including phenoxy) is 1. The van der Waals surface area contributed by atoms with Gasteiger partial charge < -0.3 is 10.1 Å². The van der Waals surface area contributed by atoms with E-state index in [1.165, 1.54) is 6.07 Å². The number of hydrogen-bond donors (Lipinski definition) is 1. The van der Waals surface area contributed by atoms with Crippen LogP contribution in [0.4, 0.5) is 13.2 Å². The fourth-order valence-corrected chi connectivity index (χ4v) is 2.64. The Morgan fingerprint density at radius 3 is 2.43 bits per heavy atom. The molecule has 0 bridgehead atoms. The molecule has 1 aromatic rings. The van der Waals surface area contributed by atoms with E-state index in [-0.39, 0.29) is 24.2 Å². The van der Waals surface area contributed by atoms with Crippen molar-refractivity contribution in [1.29, 1.82) is 0 Å². The predicted molar refractivity (Wildman–Crippen MR) is 77.8 cm³/mol. The molecule has 1 aromatic carbocycles. The molecular weight excluding hydrogens is 305 g/mol. The minimum absolute atomic E-state index is 0. The first kappa shape index (κ1) is 18.1. The van der Waals surface area contributed by atoms with Crippen LogP contribution in [0, 0.1) is 0 Å². The molecule has 0 spiro atoms. The van der Waals surface area contributed by atoms with Crippen LogP contribution >= 0.6 is 12.4 Å². The number of rotatable bonds is 4. The average molecular weight is 325 g/mol. The Bertz CT molecular complexity index is 436. The summed E-state index contributed by atoms with van der Waals surface area (Å²) in [4.78, 5) is 2.20. The molecule has 0 saturated carbocycles. The van der Waals surface area contributed by atoms with Crippen LogP contribution in [-0.4, -0.2) is 37.4 Å². The molecule has 0 aliphatic carbocycles. The molecule has 7 heteroatoms. The van der Waals surface area contributed by atoms with Gasteiger partial charge in [0.1, 0.15) is 5.75 Å². The van der Waals surface area contributed by atoms with E-state index >= 15 is 0 Å². The monoisotopic (exact) mass is 324 g/mol. The molecule has 2 rings (SSSR count). The second kappa shape index (κ2) is 7.87. The number of halogens is 4. The third-order valence-corrected chi connectivity index (χ3v) is 3.48. The van der Waals surface area contributed by atoms with Crippen molar-refractivity contribution in [2.75, 3.05) is 26.2 Å². The van der Waals surface area contributed by atoms with Crippen LogP contribution in [0.2, 0.25) is 0 Å². The van der Waals surface area contributed by atoms with Crippen LogP contribution in [0.15, 0.2) is 24.3 Å². The number of nitrogens with zero attached hydrogens (tertiary/aromatic N) is 1. The van der Waals surface area contributed by atoms with E-state index in [1.54, 1.807) is 18.2 Å². The first-order valence-electron chi connectivity index (χ1n) is 6.80. The highest BCUT2D eigenvalue weighted by molar-refractivity contribution is 5.85. The zero-order chi connectivity index (χ0) is 14.6. The molecule has 1 saturated heterocycles. The summed E-state index contributed by atoms with van der Waals surface area (Å²) >= 11 is 0. The fourth-order valence-electron chi connectivity index (χ4n) is 2.64. The van der Waals surface area contributed by atoms with Crippen LogP contribution in [0.3, 0.4) is 0 Å². The number of para-hydroxylation sites is 1. The van der Waals surface area contributed by atoms with E-state index in [1.807, 2.05) is 6.92 Å². The largest absolute Gasteiger partial charge is 0.573 e. The number of hydrogen-bond acceptors (Lipinski definition) is 3. The van der Waals surface area contributed by atoms with Gasteiger partial charge in [-0.3, -0.25) is 4.90 Å². The molecule has 1 heterocycles. The van der Waals surface area contributed by atoms with Gasteiger partial charge in [0.05, 0.1) is 0 Å². The molecule has 1 N–H and O–H groups in total. The Balaban J connectivity index is 0.00000220. The zero-order valence-electron chi connectivity index (χ0n) is 11.8. The summed E-state index contributed by atoms with van der Waals surface area (Å²) in [6.07, 6.45) is -3.91. The van der Waals surface area contributed by atoms with Crippen molar-refractivity contribution in [3.05, 3.63) is 29.8 Å². The van der Waals surface area contributed by atoms with Crippen molar-refractivity contribution >= 4 is 12.4 Å². The summed E-state index contributed by atoms with van der Waals surface area (Å²) < 4.78 is 41.6. The van der Waals surface area contributed by atoms with Gasteiger partial charge in [0.2, 0.25) is 0 Å². The molecule has 0 aromatic heterocycles. The Morgan fingerprint density at radius 1 is 1.24 bits per heavy atom. The van der Waals surface area contributed by atoms with Gasteiger partial charge in [0.15, 0.2) is 0 Å². The van der Waals surface area contributed by atoms with Crippen molar-refractivity contribution in [2.45, 2.75) is 25.7 Å². The van der Waals surface area contributed by atoms with Crippen LogP contribution in [0.25, 0.3) is 0 Å². The van der Waals surface area contributed by atoms with Gasteiger partial charge in [-0.1, -0.05) is 25.1 Å². The maximum Gasteiger partial charge on any atom is 0.573 e. The minimum atomic E-state index is -4.65. The molecule has 1 fully saturated rings. The van der Waals surface area contributed by atoms with Gasteiger partial charge in [0.25, 0.3) is 0 Å². The highest BCUT2D eigenvalue weighted by Gasteiger charge is 2.33. The van der Waals surface area contributed by atoms with Crippen LogP contribution in [0.1, 0.15) is 24.9 Å². The third-order valence-electron chi connectivity index (χ3n) is 3.48. The van der Waals surface area contributed by atoms with E-state index in [9.17, 15) is 13.2 Å². The molecule has 21 heavy (non-hydrogen) atoms. The van der Waals surface area contributed by atoms with Gasteiger partial charge in [-0.25, -0.2) is 0 Å². The molecule has 0 radical (unpaired) electrons. The molecular formula is C14H20ClF3N2O. The van der Waals surface area contributed by atoms with Crippen LogP contribution in [0.5, 0.6) is 5.75 Å². The molecule has 0 amide bonds. The van der Waals surface area contributed by atoms with Crippen molar-refractivity contribution in [3.63, 3.8) is 0 Å². The van der Waals surface area contributed by atoms with Gasteiger partial charge in [-0.05, 0) is 12.5 Å². The normalized spacial score (nSPS) is 17.9.